The van der Waals surface area contributed by atoms with Crippen LogP contribution in [0.4, 0.5) is 0 Å². The van der Waals surface area contributed by atoms with Crippen LogP contribution in [0.2, 0.25) is 5.02 Å². The highest BCUT2D eigenvalue weighted by atomic mass is 35.5. The number of nitrogens with zero attached hydrogens (tertiary/aromatic N) is 1. The number of halogens is 1. The lowest BCUT2D eigenvalue weighted by Crippen LogP contribution is -2.46. The molecule has 2 aliphatic rings. The maximum absolute atomic E-state index is 12.8. The van der Waals surface area contributed by atoms with Crippen molar-refractivity contribution in [3.05, 3.63) is 59.1 Å². The van der Waals surface area contributed by atoms with Gasteiger partial charge in [0, 0.05) is 42.2 Å². The first-order valence-electron chi connectivity index (χ1n) is 11.2. The number of amides is 1. The second-order valence-electron chi connectivity index (χ2n) is 8.48. The van der Waals surface area contributed by atoms with Crippen LogP contribution in [-0.2, 0) is 11.3 Å². The highest BCUT2D eigenvalue weighted by molar-refractivity contribution is 6.30. The largest absolute Gasteiger partial charge is 0.457 e. The molecule has 2 aromatic rings. The number of carbonyl (C=O) groups excluding carboxylic acids is 1. The van der Waals surface area contributed by atoms with Crippen molar-refractivity contribution in [2.75, 3.05) is 13.1 Å². The third-order valence-electron chi connectivity index (χ3n) is 6.36. The van der Waals surface area contributed by atoms with Gasteiger partial charge < -0.3 is 15.0 Å². The molecule has 2 aromatic carbocycles. The van der Waals surface area contributed by atoms with Gasteiger partial charge in [-0.15, -0.1) is 0 Å². The molecule has 1 saturated heterocycles. The molecule has 4 rings (SSSR count). The Bertz CT molecular complexity index is 825. The Balaban J connectivity index is 1.27. The highest BCUT2D eigenvalue weighted by Gasteiger charge is 2.29. The van der Waals surface area contributed by atoms with Crippen LogP contribution < -0.4 is 10.1 Å². The Kier molecular flexibility index (Phi) is 7.29. The number of benzene rings is 2. The van der Waals surface area contributed by atoms with Gasteiger partial charge >= 0.3 is 0 Å². The molecular weight excluding hydrogens is 396 g/mol. The van der Waals surface area contributed by atoms with Crippen LogP contribution in [0.25, 0.3) is 0 Å². The quantitative estimate of drug-likeness (QED) is 0.635. The number of nitrogens with one attached hydrogen (secondary N) is 1. The zero-order chi connectivity index (χ0) is 20.8. The smallest absolute Gasteiger partial charge is 0.225 e. The van der Waals surface area contributed by atoms with E-state index in [9.17, 15) is 4.79 Å². The van der Waals surface area contributed by atoms with Crippen molar-refractivity contribution in [2.24, 2.45) is 5.92 Å². The van der Waals surface area contributed by atoms with E-state index in [0.717, 1.165) is 62.4 Å². The third kappa shape index (κ3) is 5.55. The van der Waals surface area contributed by atoms with Gasteiger partial charge in [0.25, 0.3) is 0 Å². The van der Waals surface area contributed by atoms with E-state index in [1.165, 1.54) is 19.3 Å². The summed E-state index contributed by atoms with van der Waals surface area (Å²) in [7, 11) is 0. The summed E-state index contributed by atoms with van der Waals surface area (Å²) in [5.74, 6) is 2.31. The third-order valence-corrected chi connectivity index (χ3v) is 6.61. The molecule has 0 bridgehead atoms. The Morgan fingerprint density at radius 1 is 0.967 bits per heavy atom. The standard InChI is InChI=1S/C25H31ClN2O2/c26-21-10-12-23(13-11-21)30-24-9-5-4-8-20(24)18-27-22-14-16-28(17-15-22)25(29)19-6-2-1-3-7-19/h4-5,8-13,19,22,27H,1-3,6-7,14-18H2. The Hall–Kier alpha value is -2.04. The van der Waals surface area contributed by atoms with E-state index < -0.39 is 0 Å². The molecule has 1 aliphatic heterocycles. The van der Waals surface area contributed by atoms with Gasteiger partial charge in [0.2, 0.25) is 5.91 Å². The minimum Gasteiger partial charge on any atom is -0.457 e. The van der Waals surface area contributed by atoms with E-state index in [-0.39, 0.29) is 5.92 Å². The number of ether oxygens (including phenoxy) is 1. The second-order valence-corrected chi connectivity index (χ2v) is 8.92. The van der Waals surface area contributed by atoms with Gasteiger partial charge in [-0.2, -0.15) is 0 Å². The minimum absolute atomic E-state index is 0.278. The van der Waals surface area contributed by atoms with Crippen LogP contribution in [0.1, 0.15) is 50.5 Å². The van der Waals surface area contributed by atoms with Gasteiger partial charge in [0.1, 0.15) is 11.5 Å². The molecule has 160 valence electrons. The molecule has 1 amide bonds. The molecule has 1 heterocycles. The van der Waals surface area contributed by atoms with Crippen LogP contribution in [0.15, 0.2) is 48.5 Å². The Labute approximate surface area is 184 Å². The van der Waals surface area contributed by atoms with Crippen molar-refractivity contribution in [1.82, 2.24) is 10.2 Å². The first-order valence-corrected chi connectivity index (χ1v) is 11.6. The van der Waals surface area contributed by atoms with Gasteiger partial charge in [-0.1, -0.05) is 49.1 Å². The molecule has 0 atom stereocenters. The number of carbonyl (C=O) groups is 1. The SMILES string of the molecule is O=C(C1CCCCC1)N1CCC(NCc2ccccc2Oc2ccc(Cl)cc2)CC1. The number of rotatable bonds is 6. The van der Waals surface area contributed by atoms with Crippen molar-refractivity contribution in [3.63, 3.8) is 0 Å². The second kappa shape index (κ2) is 10.3. The van der Waals surface area contributed by atoms with Gasteiger partial charge in [-0.05, 0) is 56.0 Å². The molecule has 4 nitrogen and oxygen atoms in total. The number of hydrogen-bond donors (Lipinski definition) is 1. The van der Waals surface area contributed by atoms with Crippen molar-refractivity contribution < 1.29 is 9.53 Å². The van der Waals surface area contributed by atoms with E-state index in [4.69, 9.17) is 16.3 Å². The molecular formula is C25H31ClN2O2. The average Bonchev–Trinajstić information content (AvgIpc) is 2.80. The van der Waals surface area contributed by atoms with Crippen LogP contribution in [0.3, 0.4) is 0 Å². The fraction of sp³-hybridized carbons (Fsp3) is 0.480. The fourth-order valence-electron chi connectivity index (χ4n) is 4.55. The van der Waals surface area contributed by atoms with Gasteiger partial charge in [-0.3, -0.25) is 4.79 Å². The summed E-state index contributed by atoms with van der Waals surface area (Å²) in [5.41, 5.74) is 1.13. The summed E-state index contributed by atoms with van der Waals surface area (Å²) in [6.07, 6.45) is 7.91. The average molecular weight is 427 g/mol. The van der Waals surface area contributed by atoms with E-state index >= 15 is 0 Å². The van der Waals surface area contributed by atoms with Crippen molar-refractivity contribution >= 4 is 17.5 Å². The lowest BCUT2D eigenvalue weighted by atomic mass is 9.87. The maximum Gasteiger partial charge on any atom is 0.225 e. The van der Waals surface area contributed by atoms with E-state index in [1.807, 2.05) is 42.5 Å². The van der Waals surface area contributed by atoms with Crippen LogP contribution in [0, 0.1) is 5.92 Å². The topological polar surface area (TPSA) is 41.6 Å². The number of para-hydroxylation sites is 1. The lowest BCUT2D eigenvalue weighted by molar-refractivity contribution is -0.137. The highest BCUT2D eigenvalue weighted by Crippen LogP contribution is 2.28. The molecule has 1 saturated carbocycles. The number of piperidine rings is 1. The maximum atomic E-state index is 12.8. The molecule has 0 unspecified atom stereocenters. The Morgan fingerprint density at radius 3 is 2.40 bits per heavy atom. The molecule has 1 N–H and O–H groups in total. The summed E-state index contributed by atoms with van der Waals surface area (Å²) >= 11 is 5.97. The summed E-state index contributed by atoms with van der Waals surface area (Å²) in [6, 6.07) is 16.0. The predicted octanol–water partition coefficient (Wildman–Crippen LogP) is 5.79. The van der Waals surface area contributed by atoms with E-state index in [2.05, 4.69) is 16.3 Å². The van der Waals surface area contributed by atoms with Crippen LogP contribution in [-0.4, -0.2) is 29.9 Å². The zero-order valence-corrected chi connectivity index (χ0v) is 18.2. The zero-order valence-electron chi connectivity index (χ0n) is 17.5. The summed E-state index contributed by atoms with van der Waals surface area (Å²) in [5, 5.41) is 4.37. The normalized spacial score (nSPS) is 18.4. The Morgan fingerprint density at radius 2 is 1.67 bits per heavy atom. The molecule has 30 heavy (non-hydrogen) atoms. The van der Waals surface area contributed by atoms with Gasteiger partial charge in [-0.25, -0.2) is 0 Å². The van der Waals surface area contributed by atoms with Crippen molar-refractivity contribution in [3.8, 4) is 11.5 Å². The van der Waals surface area contributed by atoms with Gasteiger partial charge in [0.15, 0.2) is 0 Å². The van der Waals surface area contributed by atoms with Crippen LogP contribution in [0.5, 0.6) is 11.5 Å². The molecule has 5 heteroatoms. The summed E-state index contributed by atoms with van der Waals surface area (Å²) in [6.45, 7) is 2.50. The van der Waals surface area contributed by atoms with Crippen molar-refractivity contribution in [1.29, 1.82) is 0 Å². The number of likely N-dealkylation sites (tertiary alicyclic amines) is 1. The monoisotopic (exact) mass is 426 g/mol. The molecule has 0 radical (unpaired) electrons. The molecule has 1 aliphatic carbocycles. The lowest BCUT2D eigenvalue weighted by Gasteiger charge is -2.35. The van der Waals surface area contributed by atoms with Crippen LogP contribution >= 0.6 is 11.6 Å². The molecule has 2 fully saturated rings. The van der Waals surface area contributed by atoms with E-state index in [0.29, 0.717) is 17.0 Å². The fourth-order valence-corrected chi connectivity index (χ4v) is 4.67. The van der Waals surface area contributed by atoms with Crippen molar-refractivity contribution in [2.45, 2.75) is 57.5 Å². The first-order chi connectivity index (χ1) is 14.7. The predicted molar refractivity (Wildman–Crippen MR) is 121 cm³/mol. The summed E-state index contributed by atoms with van der Waals surface area (Å²) < 4.78 is 6.07. The van der Waals surface area contributed by atoms with Gasteiger partial charge in [0.05, 0.1) is 0 Å². The molecule has 0 spiro atoms. The number of hydrogen-bond acceptors (Lipinski definition) is 3. The molecule has 0 aromatic heterocycles. The minimum atomic E-state index is 0.278. The summed E-state index contributed by atoms with van der Waals surface area (Å²) in [4.78, 5) is 14.9. The first kappa shape index (κ1) is 21.2. The van der Waals surface area contributed by atoms with E-state index in [1.54, 1.807) is 0 Å².